The van der Waals surface area contributed by atoms with Crippen LogP contribution in [0.2, 0.25) is 0 Å². The summed E-state index contributed by atoms with van der Waals surface area (Å²) in [6.45, 7) is 1.93. The number of nitrogens with zero attached hydrogens (tertiary/aromatic N) is 1. The molecule has 0 aliphatic heterocycles. The van der Waals surface area contributed by atoms with Gasteiger partial charge in [-0.2, -0.15) is 0 Å². The maximum Gasteiger partial charge on any atom is 0.182 e. The molecule has 0 amide bonds. The first-order valence-electron chi connectivity index (χ1n) is 5.26. The van der Waals surface area contributed by atoms with Crippen LogP contribution >= 0.6 is 0 Å². The zero-order chi connectivity index (χ0) is 12.3. The predicted octanol–water partition coefficient (Wildman–Crippen LogP) is 2.36. The number of pyridine rings is 1. The highest BCUT2D eigenvalue weighted by Gasteiger charge is 2.14. The average molecular weight is 247 g/mol. The first-order valence-corrected chi connectivity index (χ1v) is 6.91. The molecule has 0 aliphatic rings. The van der Waals surface area contributed by atoms with Crippen LogP contribution in [0.15, 0.2) is 53.7 Å². The van der Waals surface area contributed by atoms with Gasteiger partial charge in [0.2, 0.25) is 0 Å². The second kappa shape index (κ2) is 4.67. The molecule has 1 aromatic carbocycles. The lowest BCUT2D eigenvalue weighted by Crippen LogP contribution is -2.05. The summed E-state index contributed by atoms with van der Waals surface area (Å²) in [4.78, 5) is 4.27. The number of rotatable bonds is 3. The van der Waals surface area contributed by atoms with Crippen molar-refractivity contribution in [3.8, 4) is 0 Å². The lowest BCUT2D eigenvalue weighted by Gasteiger charge is -2.04. The molecular formula is C13H13NO2S. The molecule has 4 heteroatoms. The van der Waals surface area contributed by atoms with Gasteiger partial charge in [-0.15, -0.1) is 0 Å². The summed E-state index contributed by atoms with van der Waals surface area (Å²) in [5.74, 6) is -0.0100. The fourth-order valence-corrected chi connectivity index (χ4v) is 2.86. The monoisotopic (exact) mass is 247 g/mol. The lowest BCUT2D eigenvalue weighted by molar-refractivity contribution is 0.595. The molecule has 0 fully saturated rings. The molecule has 88 valence electrons. The van der Waals surface area contributed by atoms with Crippen LogP contribution in [0.4, 0.5) is 0 Å². The van der Waals surface area contributed by atoms with Gasteiger partial charge in [-0.1, -0.05) is 23.8 Å². The second-order valence-corrected chi connectivity index (χ2v) is 5.92. The molecule has 0 radical (unpaired) electrons. The minimum atomic E-state index is -3.27. The van der Waals surface area contributed by atoms with Crippen molar-refractivity contribution in [1.29, 1.82) is 0 Å². The molecular weight excluding hydrogens is 234 g/mol. The smallest absolute Gasteiger partial charge is 0.182 e. The summed E-state index contributed by atoms with van der Waals surface area (Å²) in [7, 11) is -3.27. The molecule has 0 spiro atoms. The third kappa shape index (κ3) is 2.91. The number of hydrogen-bond acceptors (Lipinski definition) is 3. The number of hydrogen-bond donors (Lipinski definition) is 0. The van der Waals surface area contributed by atoms with E-state index < -0.39 is 9.84 Å². The Labute approximate surface area is 101 Å². The Morgan fingerprint density at radius 3 is 2.41 bits per heavy atom. The first kappa shape index (κ1) is 11.8. The van der Waals surface area contributed by atoms with E-state index in [4.69, 9.17) is 0 Å². The molecule has 0 unspecified atom stereocenters. The highest BCUT2D eigenvalue weighted by atomic mass is 32.2. The molecule has 3 nitrogen and oxygen atoms in total. The zero-order valence-corrected chi connectivity index (χ0v) is 10.3. The maximum absolute atomic E-state index is 12.1. The Kier molecular flexibility index (Phi) is 3.24. The number of aryl methyl sites for hydroxylation is 1. The Bertz CT molecular complexity index is 589. The van der Waals surface area contributed by atoms with Gasteiger partial charge in [0.15, 0.2) is 9.84 Å². The minimum Gasteiger partial charge on any atom is -0.264 e. The van der Waals surface area contributed by atoms with Gasteiger partial charge >= 0.3 is 0 Å². The van der Waals surface area contributed by atoms with Gasteiger partial charge < -0.3 is 0 Å². The van der Waals surface area contributed by atoms with E-state index in [2.05, 4.69) is 4.98 Å². The Balaban J connectivity index is 2.29. The third-order valence-corrected chi connectivity index (χ3v) is 4.16. The van der Waals surface area contributed by atoms with Crippen molar-refractivity contribution < 1.29 is 8.42 Å². The topological polar surface area (TPSA) is 47.0 Å². The van der Waals surface area contributed by atoms with Gasteiger partial charge in [-0.25, -0.2) is 8.42 Å². The number of aromatic nitrogens is 1. The Morgan fingerprint density at radius 2 is 1.82 bits per heavy atom. The van der Waals surface area contributed by atoms with E-state index in [1.165, 1.54) is 0 Å². The quantitative estimate of drug-likeness (QED) is 0.836. The molecule has 17 heavy (non-hydrogen) atoms. The van der Waals surface area contributed by atoms with Gasteiger partial charge in [-0.3, -0.25) is 4.98 Å². The molecule has 1 aromatic heterocycles. The average Bonchev–Trinajstić information content (AvgIpc) is 2.30. The fraction of sp³-hybridized carbons (Fsp3) is 0.154. The molecule has 2 rings (SSSR count). The second-order valence-electron chi connectivity index (χ2n) is 3.93. The highest BCUT2D eigenvalue weighted by Crippen LogP contribution is 2.16. The third-order valence-electron chi connectivity index (χ3n) is 2.46. The van der Waals surface area contributed by atoms with E-state index in [1.54, 1.807) is 48.8 Å². The normalized spacial score (nSPS) is 11.4. The Hall–Kier alpha value is -1.68. The summed E-state index contributed by atoms with van der Waals surface area (Å²) < 4.78 is 24.2. The predicted molar refractivity (Wildman–Crippen MR) is 66.3 cm³/mol. The van der Waals surface area contributed by atoms with E-state index in [0.717, 1.165) is 5.56 Å². The van der Waals surface area contributed by atoms with E-state index in [-0.39, 0.29) is 5.75 Å². The van der Waals surface area contributed by atoms with Crippen LogP contribution < -0.4 is 0 Å². The molecule has 0 aliphatic carbocycles. The largest absolute Gasteiger partial charge is 0.264 e. The van der Waals surface area contributed by atoms with Crippen molar-refractivity contribution in [2.75, 3.05) is 0 Å². The summed E-state index contributed by atoms with van der Waals surface area (Å²) in [6, 6.07) is 10.4. The molecule has 2 aromatic rings. The van der Waals surface area contributed by atoms with Crippen LogP contribution in [0.3, 0.4) is 0 Å². The number of benzene rings is 1. The summed E-state index contributed by atoms with van der Waals surface area (Å²) in [6.07, 6.45) is 3.20. The van der Waals surface area contributed by atoms with Crippen molar-refractivity contribution in [2.24, 2.45) is 0 Å². The van der Waals surface area contributed by atoms with Crippen molar-refractivity contribution >= 4 is 9.84 Å². The zero-order valence-electron chi connectivity index (χ0n) is 9.50. The van der Waals surface area contributed by atoms with Crippen LogP contribution in [0, 0.1) is 6.92 Å². The minimum absolute atomic E-state index is 0.0100. The highest BCUT2D eigenvalue weighted by molar-refractivity contribution is 7.90. The molecule has 0 saturated carbocycles. The van der Waals surface area contributed by atoms with Crippen molar-refractivity contribution in [3.63, 3.8) is 0 Å². The van der Waals surface area contributed by atoms with E-state index in [1.807, 2.05) is 6.92 Å². The summed E-state index contributed by atoms with van der Waals surface area (Å²) in [5.41, 5.74) is 1.75. The van der Waals surface area contributed by atoms with E-state index in [0.29, 0.717) is 10.5 Å². The molecule has 0 N–H and O–H groups in total. The molecule has 1 heterocycles. The van der Waals surface area contributed by atoms with Gasteiger partial charge in [0.25, 0.3) is 0 Å². The van der Waals surface area contributed by atoms with Crippen LogP contribution in [0.1, 0.15) is 11.1 Å². The van der Waals surface area contributed by atoms with Crippen molar-refractivity contribution in [3.05, 3.63) is 59.9 Å². The van der Waals surface area contributed by atoms with Gasteiger partial charge in [0.1, 0.15) is 0 Å². The fourth-order valence-electron chi connectivity index (χ4n) is 1.53. The molecule has 0 bridgehead atoms. The van der Waals surface area contributed by atoms with Gasteiger partial charge in [-0.05, 0) is 30.7 Å². The summed E-state index contributed by atoms with van der Waals surface area (Å²) >= 11 is 0. The number of sulfone groups is 1. The van der Waals surface area contributed by atoms with Crippen LogP contribution in [-0.2, 0) is 15.6 Å². The summed E-state index contributed by atoms with van der Waals surface area (Å²) in [5, 5.41) is 0. The standard InChI is InChI=1S/C13H13NO2S/c1-11-4-6-13(7-5-11)17(15,16)10-12-3-2-8-14-9-12/h2-9H,10H2,1H3. The molecule has 0 saturated heterocycles. The lowest BCUT2D eigenvalue weighted by atomic mass is 10.2. The van der Waals surface area contributed by atoms with Crippen LogP contribution in [0.5, 0.6) is 0 Å². The molecule has 0 atom stereocenters. The Morgan fingerprint density at radius 1 is 1.12 bits per heavy atom. The first-order chi connectivity index (χ1) is 8.08. The van der Waals surface area contributed by atoms with Gasteiger partial charge in [0, 0.05) is 12.4 Å². The van der Waals surface area contributed by atoms with Gasteiger partial charge in [0.05, 0.1) is 10.6 Å². The van der Waals surface area contributed by atoms with E-state index >= 15 is 0 Å². The van der Waals surface area contributed by atoms with E-state index in [9.17, 15) is 8.42 Å². The maximum atomic E-state index is 12.1. The van der Waals surface area contributed by atoms with Crippen molar-refractivity contribution in [2.45, 2.75) is 17.6 Å². The SMILES string of the molecule is Cc1ccc(S(=O)(=O)Cc2cccnc2)cc1. The van der Waals surface area contributed by atoms with Crippen molar-refractivity contribution in [1.82, 2.24) is 4.98 Å². The van der Waals surface area contributed by atoms with Crippen LogP contribution in [0.25, 0.3) is 0 Å². The van der Waals surface area contributed by atoms with Crippen LogP contribution in [-0.4, -0.2) is 13.4 Å².